The van der Waals surface area contributed by atoms with Crippen LogP contribution < -0.4 is 5.32 Å². The van der Waals surface area contributed by atoms with E-state index < -0.39 is 5.82 Å². The predicted molar refractivity (Wildman–Crippen MR) is 71.1 cm³/mol. The Kier molecular flexibility index (Phi) is 3.55. The first-order valence-electron chi connectivity index (χ1n) is 5.92. The molecule has 0 bridgehead atoms. The molecular formula is C14H16FN3. The SMILES string of the molecule is CNc1ncc(F)c(-c2ccc(C(C)C)cc2)n1. The largest absolute Gasteiger partial charge is 0.357 e. The van der Waals surface area contributed by atoms with Crippen molar-refractivity contribution in [2.24, 2.45) is 0 Å². The highest BCUT2D eigenvalue weighted by molar-refractivity contribution is 5.61. The summed E-state index contributed by atoms with van der Waals surface area (Å²) in [5, 5.41) is 2.81. The van der Waals surface area contributed by atoms with Crippen LogP contribution in [0.2, 0.25) is 0 Å². The summed E-state index contributed by atoms with van der Waals surface area (Å²) in [5.74, 6) is 0.466. The number of nitrogens with zero attached hydrogens (tertiary/aromatic N) is 2. The molecule has 1 aromatic carbocycles. The topological polar surface area (TPSA) is 37.8 Å². The minimum absolute atomic E-state index is 0.324. The van der Waals surface area contributed by atoms with E-state index >= 15 is 0 Å². The lowest BCUT2D eigenvalue weighted by Crippen LogP contribution is -1.99. The number of benzene rings is 1. The van der Waals surface area contributed by atoms with Crippen LogP contribution in [0.15, 0.2) is 30.5 Å². The van der Waals surface area contributed by atoms with Crippen LogP contribution >= 0.6 is 0 Å². The fourth-order valence-corrected chi connectivity index (χ4v) is 1.72. The van der Waals surface area contributed by atoms with Gasteiger partial charge in [0.2, 0.25) is 5.95 Å². The third-order valence-corrected chi connectivity index (χ3v) is 2.82. The van der Waals surface area contributed by atoms with Gasteiger partial charge in [0.25, 0.3) is 0 Å². The van der Waals surface area contributed by atoms with Crippen LogP contribution in [0.25, 0.3) is 11.3 Å². The maximum atomic E-state index is 13.7. The third kappa shape index (κ3) is 2.47. The van der Waals surface area contributed by atoms with Crippen LogP contribution in [0.1, 0.15) is 25.3 Å². The molecule has 3 nitrogen and oxygen atoms in total. The second-order valence-electron chi connectivity index (χ2n) is 4.42. The summed E-state index contributed by atoms with van der Waals surface area (Å²) in [6, 6.07) is 7.78. The van der Waals surface area contributed by atoms with E-state index in [1.165, 1.54) is 11.8 Å². The normalized spacial score (nSPS) is 10.7. The molecule has 1 N–H and O–H groups in total. The quantitative estimate of drug-likeness (QED) is 0.900. The molecule has 1 heterocycles. The Balaban J connectivity index is 2.41. The highest BCUT2D eigenvalue weighted by atomic mass is 19.1. The summed E-state index contributed by atoms with van der Waals surface area (Å²) in [5.41, 5.74) is 2.31. The van der Waals surface area contributed by atoms with Crippen molar-refractivity contribution in [3.05, 3.63) is 41.8 Å². The van der Waals surface area contributed by atoms with Gasteiger partial charge in [-0.1, -0.05) is 38.1 Å². The zero-order valence-electron chi connectivity index (χ0n) is 10.7. The number of rotatable bonds is 3. The fourth-order valence-electron chi connectivity index (χ4n) is 1.72. The molecule has 2 rings (SSSR count). The minimum Gasteiger partial charge on any atom is -0.357 e. The van der Waals surface area contributed by atoms with Crippen LogP contribution in [-0.2, 0) is 0 Å². The van der Waals surface area contributed by atoms with Crippen LogP contribution in [0.3, 0.4) is 0 Å². The van der Waals surface area contributed by atoms with Crippen LogP contribution in [-0.4, -0.2) is 17.0 Å². The summed E-state index contributed by atoms with van der Waals surface area (Å²) in [7, 11) is 1.71. The first-order valence-corrected chi connectivity index (χ1v) is 5.92. The smallest absolute Gasteiger partial charge is 0.223 e. The highest BCUT2D eigenvalue weighted by Gasteiger charge is 2.09. The second kappa shape index (κ2) is 5.12. The summed E-state index contributed by atoms with van der Waals surface area (Å²) >= 11 is 0. The first-order chi connectivity index (χ1) is 8.61. The van der Waals surface area contributed by atoms with Crippen LogP contribution in [0, 0.1) is 5.82 Å². The summed E-state index contributed by atoms with van der Waals surface area (Å²) in [6.45, 7) is 4.25. The van der Waals surface area contributed by atoms with Gasteiger partial charge in [-0.05, 0) is 11.5 Å². The molecule has 0 saturated carbocycles. The number of anilines is 1. The van der Waals surface area contributed by atoms with Gasteiger partial charge in [0.15, 0.2) is 5.82 Å². The molecule has 0 fully saturated rings. The molecule has 0 aliphatic rings. The zero-order valence-corrected chi connectivity index (χ0v) is 10.7. The first kappa shape index (κ1) is 12.5. The third-order valence-electron chi connectivity index (χ3n) is 2.82. The van der Waals surface area contributed by atoms with Gasteiger partial charge in [0.1, 0.15) is 5.69 Å². The standard InChI is InChI=1S/C14H16FN3/c1-9(2)10-4-6-11(7-5-10)13-12(15)8-17-14(16-3)18-13/h4-9H,1-3H3,(H,16,17,18). The molecule has 0 aliphatic carbocycles. The van der Waals surface area contributed by atoms with E-state index in [1.807, 2.05) is 24.3 Å². The van der Waals surface area contributed by atoms with Crippen molar-refractivity contribution in [3.63, 3.8) is 0 Å². The van der Waals surface area contributed by atoms with Crippen LogP contribution in [0.4, 0.5) is 10.3 Å². The van der Waals surface area contributed by atoms with Gasteiger partial charge in [-0.3, -0.25) is 0 Å². The molecule has 0 amide bonds. The Bertz CT molecular complexity index is 535. The Morgan fingerprint density at radius 2 is 1.83 bits per heavy atom. The van der Waals surface area contributed by atoms with Gasteiger partial charge in [0, 0.05) is 12.6 Å². The molecule has 4 heteroatoms. The van der Waals surface area contributed by atoms with Gasteiger partial charge in [-0.15, -0.1) is 0 Å². The van der Waals surface area contributed by atoms with E-state index in [0.717, 1.165) is 5.56 Å². The van der Waals surface area contributed by atoms with E-state index in [0.29, 0.717) is 17.6 Å². The number of hydrogen-bond acceptors (Lipinski definition) is 3. The van der Waals surface area contributed by atoms with E-state index in [1.54, 1.807) is 7.05 Å². The Labute approximate surface area is 106 Å². The molecule has 0 unspecified atom stereocenters. The Morgan fingerprint density at radius 3 is 2.39 bits per heavy atom. The van der Waals surface area contributed by atoms with Gasteiger partial charge in [-0.25, -0.2) is 14.4 Å². The van der Waals surface area contributed by atoms with E-state index in [9.17, 15) is 4.39 Å². The van der Waals surface area contributed by atoms with E-state index in [4.69, 9.17) is 0 Å². The second-order valence-corrected chi connectivity index (χ2v) is 4.42. The maximum absolute atomic E-state index is 13.7. The van der Waals surface area contributed by atoms with Crippen LogP contribution in [0.5, 0.6) is 0 Å². The van der Waals surface area contributed by atoms with Gasteiger partial charge in [0.05, 0.1) is 6.20 Å². The lowest BCUT2D eigenvalue weighted by atomic mass is 10.0. The van der Waals surface area contributed by atoms with Crippen molar-refractivity contribution in [1.82, 2.24) is 9.97 Å². The van der Waals surface area contributed by atoms with Crippen molar-refractivity contribution >= 4 is 5.95 Å². The minimum atomic E-state index is -0.411. The average molecular weight is 245 g/mol. The molecule has 0 atom stereocenters. The summed E-state index contributed by atoms with van der Waals surface area (Å²) in [4.78, 5) is 7.97. The monoisotopic (exact) mass is 245 g/mol. The van der Waals surface area contributed by atoms with Crippen molar-refractivity contribution < 1.29 is 4.39 Å². The Morgan fingerprint density at radius 1 is 1.17 bits per heavy atom. The molecule has 2 aromatic rings. The highest BCUT2D eigenvalue weighted by Crippen LogP contribution is 2.23. The molecule has 18 heavy (non-hydrogen) atoms. The average Bonchev–Trinajstić information content (AvgIpc) is 2.39. The molecule has 0 saturated heterocycles. The predicted octanol–water partition coefficient (Wildman–Crippen LogP) is 3.45. The summed E-state index contributed by atoms with van der Waals surface area (Å²) < 4.78 is 13.7. The molecule has 0 spiro atoms. The fraction of sp³-hybridized carbons (Fsp3) is 0.286. The van der Waals surface area contributed by atoms with Crippen molar-refractivity contribution in [1.29, 1.82) is 0 Å². The number of hydrogen-bond donors (Lipinski definition) is 1. The number of aromatic nitrogens is 2. The maximum Gasteiger partial charge on any atom is 0.223 e. The van der Waals surface area contributed by atoms with Gasteiger partial charge >= 0.3 is 0 Å². The molecule has 0 radical (unpaired) electrons. The van der Waals surface area contributed by atoms with E-state index in [-0.39, 0.29) is 0 Å². The van der Waals surface area contributed by atoms with Gasteiger partial charge < -0.3 is 5.32 Å². The molecule has 94 valence electrons. The van der Waals surface area contributed by atoms with Crippen molar-refractivity contribution in [2.75, 3.05) is 12.4 Å². The zero-order chi connectivity index (χ0) is 13.1. The Hall–Kier alpha value is -1.97. The summed E-state index contributed by atoms with van der Waals surface area (Å²) in [6.07, 6.45) is 1.19. The lowest BCUT2D eigenvalue weighted by Gasteiger charge is -2.08. The van der Waals surface area contributed by atoms with Gasteiger partial charge in [-0.2, -0.15) is 0 Å². The number of halogens is 1. The molecular weight excluding hydrogens is 229 g/mol. The van der Waals surface area contributed by atoms with Crippen molar-refractivity contribution in [2.45, 2.75) is 19.8 Å². The van der Waals surface area contributed by atoms with Crippen molar-refractivity contribution in [3.8, 4) is 11.3 Å². The lowest BCUT2D eigenvalue weighted by molar-refractivity contribution is 0.619. The molecule has 1 aromatic heterocycles. The molecule has 0 aliphatic heterocycles. The van der Waals surface area contributed by atoms with E-state index in [2.05, 4.69) is 29.1 Å². The number of nitrogens with one attached hydrogen (secondary N) is 1.